The number of hydrogen-bond acceptors (Lipinski definition) is 6. The average Bonchev–Trinajstić information content (AvgIpc) is 2.67. The molecule has 18 heavy (non-hydrogen) atoms. The Bertz CT molecular complexity index is 412. The molecule has 0 aromatic rings. The van der Waals surface area contributed by atoms with Crippen molar-refractivity contribution in [3.05, 3.63) is 17.1 Å². The molecule has 0 radical (unpaired) electrons. The Balaban J connectivity index is 2.29. The first-order chi connectivity index (χ1) is 8.54. The fourth-order valence-electron chi connectivity index (χ4n) is 1.33. The van der Waals surface area contributed by atoms with Gasteiger partial charge in [0.15, 0.2) is 0 Å². The normalized spacial score (nSPS) is 15.2. The molecular formula is C10H10N2O6. The standard InChI is InChI=1S/C10H10N2O6/c13-7(11-17)1-4-10(16)18-6-5-12-8(14)2-3-9(12)15/h1,4H,2-3,5-6H2/b4-1+. The van der Waals surface area contributed by atoms with Crippen molar-refractivity contribution >= 4 is 23.7 Å². The summed E-state index contributed by atoms with van der Waals surface area (Å²) in [5.74, 6) is -2.55. The molecule has 8 nitrogen and oxygen atoms in total. The smallest absolute Gasteiger partial charge is 0.331 e. The molecule has 3 amide bonds. The van der Waals surface area contributed by atoms with Crippen molar-refractivity contribution in [2.75, 3.05) is 13.2 Å². The van der Waals surface area contributed by atoms with Crippen LogP contribution in [0.3, 0.4) is 0 Å². The van der Waals surface area contributed by atoms with Gasteiger partial charge in [0.25, 0.3) is 0 Å². The van der Waals surface area contributed by atoms with Crippen molar-refractivity contribution in [1.29, 1.82) is 0 Å². The number of carbonyl (C=O) groups is 4. The largest absolute Gasteiger partial charge is 0.461 e. The summed E-state index contributed by atoms with van der Waals surface area (Å²) in [6, 6.07) is 0. The third kappa shape index (κ3) is 3.89. The summed E-state index contributed by atoms with van der Waals surface area (Å²) < 4.78 is 4.63. The summed E-state index contributed by atoms with van der Waals surface area (Å²) in [5, 5.41) is 2.04. The van der Waals surface area contributed by atoms with E-state index in [9.17, 15) is 24.1 Å². The van der Waals surface area contributed by atoms with Crippen LogP contribution in [0.1, 0.15) is 12.8 Å². The van der Waals surface area contributed by atoms with E-state index in [1.807, 2.05) is 5.18 Å². The first-order valence-corrected chi connectivity index (χ1v) is 5.10. The number of ether oxygens (including phenoxy) is 1. The van der Waals surface area contributed by atoms with Crippen LogP contribution in [0.25, 0.3) is 0 Å². The fraction of sp³-hybridized carbons (Fsp3) is 0.400. The predicted molar refractivity (Wildman–Crippen MR) is 56.9 cm³/mol. The molecule has 1 fully saturated rings. The summed E-state index contributed by atoms with van der Waals surface area (Å²) >= 11 is 0. The lowest BCUT2D eigenvalue weighted by Gasteiger charge is -2.12. The molecule has 96 valence electrons. The van der Waals surface area contributed by atoms with Crippen LogP contribution in [-0.4, -0.2) is 41.7 Å². The third-order valence-electron chi connectivity index (χ3n) is 2.17. The molecule has 1 aliphatic heterocycles. The van der Waals surface area contributed by atoms with Crippen molar-refractivity contribution in [2.45, 2.75) is 12.8 Å². The van der Waals surface area contributed by atoms with Gasteiger partial charge in [0.05, 0.1) is 6.54 Å². The quantitative estimate of drug-likeness (QED) is 0.284. The summed E-state index contributed by atoms with van der Waals surface area (Å²) in [4.78, 5) is 54.5. The molecule has 1 rings (SSSR count). The molecule has 0 saturated carbocycles. The zero-order chi connectivity index (χ0) is 13.5. The van der Waals surface area contributed by atoms with Crippen LogP contribution in [-0.2, 0) is 23.9 Å². The van der Waals surface area contributed by atoms with Gasteiger partial charge in [0.1, 0.15) is 6.61 Å². The Labute approximate surface area is 102 Å². The van der Waals surface area contributed by atoms with Crippen LogP contribution >= 0.6 is 0 Å². The lowest BCUT2D eigenvalue weighted by molar-refractivity contribution is -0.144. The van der Waals surface area contributed by atoms with Gasteiger partial charge in [-0.25, -0.2) is 4.79 Å². The maximum Gasteiger partial charge on any atom is 0.331 e. The molecule has 0 spiro atoms. The van der Waals surface area contributed by atoms with Gasteiger partial charge in [0, 0.05) is 30.2 Å². The molecule has 0 aromatic carbocycles. The molecule has 1 aliphatic rings. The Morgan fingerprint density at radius 1 is 1.22 bits per heavy atom. The molecule has 0 atom stereocenters. The fourth-order valence-corrected chi connectivity index (χ4v) is 1.33. The van der Waals surface area contributed by atoms with Gasteiger partial charge in [-0.1, -0.05) is 0 Å². The van der Waals surface area contributed by atoms with Crippen molar-refractivity contribution < 1.29 is 23.9 Å². The van der Waals surface area contributed by atoms with Gasteiger partial charge >= 0.3 is 11.9 Å². The average molecular weight is 254 g/mol. The van der Waals surface area contributed by atoms with Crippen molar-refractivity contribution in [3.8, 4) is 0 Å². The second-order valence-electron chi connectivity index (χ2n) is 3.37. The monoisotopic (exact) mass is 254 g/mol. The molecule has 0 aliphatic carbocycles. The van der Waals surface area contributed by atoms with Crippen molar-refractivity contribution in [1.82, 2.24) is 4.90 Å². The van der Waals surface area contributed by atoms with E-state index in [2.05, 4.69) is 4.74 Å². The minimum absolute atomic E-state index is 0.0167. The maximum atomic E-state index is 11.2. The van der Waals surface area contributed by atoms with Crippen LogP contribution in [0, 0.1) is 4.91 Å². The minimum atomic E-state index is -1.10. The molecule has 0 bridgehead atoms. The minimum Gasteiger partial charge on any atom is -0.461 e. The highest BCUT2D eigenvalue weighted by Gasteiger charge is 2.28. The highest BCUT2D eigenvalue weighted by molar-refractivity contribution is 6.01. The maximum absolute atomic E-state index is 11.2. The van der Waals surface area contributed by atoms with E-state index in [1.54, 1.807) is 0 Å². The van der Waals surface area contributed by atoms with E-state index in [-0.39, 0.29) is 37.8 Å². The zero-order valence-corrected chi connectivity index (χ0v) is 9.33. The lowest BCUT2D eigenvalue weighted by Crippen LogP contribution is -2.32. The van der Waals surface area contributed by atoms with Gasteiger partial charge in [-0.15, -0.1) is 4.91 Å². The van der Waals surface area contributed by atoms with Crippen molar-refractivity contribution in [2.24, 2.45) is 5.18 Å². The number of likely N-dealkylation sites (tertiary alicyclic amines) is 1. The van der Waals surface area contributed by atoms with Crippen LogP contribution in [0.2, 0.25) is 0 Å². The molecule has 8 heteroatoms. The molecule has 1 saturated heterocycles. The Hall–Kier alpha value is -2.38. The molecule has 0 unspecified atom stereocenters. The lowest BCUT2D eigenvalue weighted by atomic mass is 10.4. The van der Waals surface area contributed by atoms with Gasteiger partial charge in [-0.05, 0) is 0 Å². The number of esters is 1. The number of hydrogen-bond donors (Lipinski definition) is 0. The number of rotatable bonds is 5. The first-order valence-electron chi connectivity index (χ1n) is 5.10. The van der Waals surface area contributed by atoms with Crippen LogP contribution in [0.4, 0.5) is 0 Å². The van der Waals surface area contributed by atoms with Gasteiger partial charge in [-0.2, -0.15) is 0 Å². The second kappa shape index (κ2) is 6.38. The molecule has 0 aromatic heterocycles. The van der Waals surface area contributed by atoms with E-state index in [0.717, 1.165) is 11.0 Å². The van der Waals surface area contributed by atoms with Crippen molar-refractivity contribution in [3.63, 3.8) is 0 Å². The number of amides is 3. The SMILES string of the molecule is O=NC(=O)/C=C/C(=O)OCCN1C(=O)CCC1=O. The Morgan fingerprint density at radius 3 is 2.39 bits per heavy atom. The zero-order valence-electron chi connectivity index (χ0n) is 9.33. The topological polar surface area (TPSA) is 110 Å². The van der Waals surface area contributed by atoms with E-state index in [4.69, 9.17) is 0 Å². The number of nitroso groups, excluding NO2 is 1. The van der Waals surface area contributed by atoms with Gasteiger partial charge in [0.2, 0.25) is 11.8 Å². The highest BCUT2D eigenvalue weighted by atomic mass is 16.5. The van der Waals surface area contributed by atoms with Crippen LogP contribution in [0.15, 0.2) is 17.3 Å². The van der Waals surface area contributed by atoms with E-state index in [1.165, 1.54) is 0 Å². The molecular weight excluding hydrogens is 244 g/mol. The van der Waals surface area contributed by atoms with Gasteiger partial charge < -0.3 is 4.74 Å². The number of imide groups is 1. The summed E-state index contributed by atoms with van der Waals surface area (Å²) in [6.07, 6.45) is 1.76. The third-order valence-corrected chi connectivity index (χ3v) is 2.17. The van der Waals surface area contributed by atoms with E-state index >= 15 is 0 Å². The van der Waals surface area contributed by atoms with E-state index < -0.39 is 11.9 Å². The van der Waals surface area contributed by atoms with Crippen LogP contribution in [0.5, 0.6) is 0 Å². The van der Waals surface area contributed by atoms with Crippen LogP contribution < -0.4 is 0 Å². The Morgan fingerprint density at radius 2 is 1.83 bits per heavy atom. The highest BCUT2D eigenvalue weighted by Crippen LogP contribution is 2.10. The molecule has 0 N–H and O–H groups in total. The Kier molecular flexibility index (Phi) is 4.85. The first kappa shape index (κ1) is 13.7. The van der Waals surface area contributed by atoms with Gasteiger partial charge in [-0.3, -0.25) is 19.3 Å². The summed E-state index contributed by atoms with van der Waals surface area (Å²) in [6.45, 7) is -0.180. The summed E-state index contributed by atoms with van der Waals surface area (Å²) in [5.41, 5.74) is 0. The summed E-state index contributed by atoms with van der Waals surface area (Å²) in [7, 11) is 0. The number of carbonyl (C=O) groups excluding carboxylic acids is 4. The number of nitrogens with zero attached hydrogens (tertiary/aromatic N) is 2. The second-order valence-corrected chi connectivity index (χ2v) is 3.37. The predicted octanol–water partition coefficient (Wildman–Crippen LogP) is -0.472. The molecule has 1 heterocycles. The van der Waals surface area contributed by atoms with E-state index in [0.29, 0.717) is 6.08 Å².